The van der Waals surface area contributed by atoms with Crippen molar-refractivity contribution in [2.24, 2.45) is 5.73 Å². The predicted molar refractivity (Wildman–Crippen MR) is 48.6 cm³/mol. The third-order valence-electron chi connectivity index (χ3n) is 2.25. The average molecular weight is 183 g/mol. The quantitative estimate of drug-likeness (QED) is 0.522. The molecule has 1 aromatic rings. The van der Waals surface area contributed by atoms with E-state index in [1.807, 2.05) is 4.90 Å². The molecule has 1 aliphatic rings. The number of piperidine rings is 1. The van der Waals surface area contributed by atoms with Crippen molar-refractivity contribution >= 4 is 5.95 Å². The van der Waals surface area contributed by atoms with Crippen LogP contribution in [0, 0.1) is 0 Å². The second-order valence-corrected chi connectivity index (χ2v) is 3.35. The number of aromatic amines is 2. The molecule has 1 aromatic heterocycles. The molecule has 13 heavy (non-hydrogen) atoms. The first kappa shape index (κ1) is 8.31. The molecule has 4 N–H and O–H groups in total. The summed E-state index contributed by atoms with van der Waals surface area (Å²) in [6.45, 7) is 1.68. The van der Waals surface area contributed by atoms with Gasteiger partial charge in [-0.05, 0) is 12.8 Å². The van der Waals surface area contributed by atoms with Crippen molar-refractivity contribution in [3.8, 4) is 0 Å². The highest BCUT2D eigenvalue weighted by Gasteiger charge is 2.18. The van der Waals surface area contributed by atoms with E-state index >= 15 is 0 Å². The summed E-state index contributed by atoms with van der Waals surface area (Å²) >= 11 is 0. The second kappa shape index (κ2) is 3.21. The monoisotopic (exact) mass is 183 g/mol. The maximum absolute atomic E-state index is 10.8. The van der Waals surface area contributed by atoms with Gasteiger partial charge in [0, 0.05) is 19.1 Å². The Labute approximate surface area is 75.1 Å². The molecule has 0 saturated carbocycles. The highest BCUT2D eigenvalue weighted by atomic mass is 16.1. The summed E-state index contributed by atoms with van der Waals surface area (Å²) in [7, 11) is 0. The number of nitrogens with two attached hydrogens (primary N) is 1. The second-order valence-electron chi connectivity index (χ2n) is 3.35. The highest BCUT2D eigenvalue weighted by Crippen LogP contribution is 2.12. The molecule has 0 bridgehead atoms. The smallest absolute Gasteiger partial charge is 0.340 e. The van der Waals surface area contributed by atoms with Crippen molar-refractivity contribution in [3.63, 3.8) is 0 Å². The standard InChI is InChI=1S/C7H13N5O/c8-5-2-1-3-12(4-5)6-9-7(13)11-10-6/h5H,1-4,8H2,(H2,9,10,11,13). The van der Waals surface area contributed by atoms with E-state index in [2.05, 4.69) is 15.2 Å². The summed E-state index contributed by atoms with van der Waals surface area (Å²) in [4.78, 5) is 15.4. The highest BCUT2D eigenvalue weighted by molar-refractivity contribution is 5.28. The number of aromatic nitrogens is 3. The zero-order chi connectivity index (χ0) is 9.26. The van der Waals surface area contributed by atoms with Gasteiger partial charge in [0.05, 0.1) is 0 Å². The number of nitrogens with zero attached hydrogens (tertiary/aromatic N) is 2. The fourth-order valence-corrected chi connectivity index (χ4v) is 1.61. The predicted octanol–water partition coefficient (Wildman–Crippen LogP) is -0.975. The molecule has 1 atom stereocenters. The molecular weight excluding hydrogens is 170 g/mol. The van der Waals surface area contributed by atoms with Crippen molar-refractivity contribution in [2.45, 2.75) is 18.9 Å². The van der Waals surface area contributed by atoms with Crippen LogP contribution in [0.5, 0.6) is 0 Å². The Bertz CT molecular complexity index is 330. The molecule has 2 rings (SSSR count). The van der Waals surface area contributed by atoms with Crippen LogP contribution in [0.15, 0.2) is 4.79 Å². The fraction of sp³-hybridized carbons (Fsp3) is 0.714. The summed E-state index contributed by atoms with van der Waals surface area (Å²) in [5.74, 6) is 0.597. The number of nitrogens with one attached hydrogen (secondary N) is 2. The number of rotatable bonds is 1. The minimum Gasteiger partial charge on any atom is -0.340 e. The van der Waals surface area contributed by atoms with Crippen LogP contribution >= 0.6 is 0 Å². The molecule has 72 valence electrons. The molecule has 1 saturated heterocycles. The van der Waals surface area contributed by atoms with Gasteiger partial charge in [0.25, 0.3) is 0 Å². The molecule has 0 aliphatic carbocycles. The lowest BCUT2D eigenvalue weighted by Crippen LogP contribution is -2.43. The minimum absolute atomic E-state index is 0.189. The normalized spacial score (nSPS) is 23.5. The molecule has 1 fully saturated rings. The topological polar surface area (TPSA) is 90.8 Å². The summed E-state index contributed by atoms with van der Waals surface area (Å²) < 4.78 is 0. The van der Waals surface area contributed by atoms with Crippen molar-refractivity contribution in [3.05, 3.63) is 10.5 Å². The van der Waals surface area contributed by atoms with E-state index in [-0.39, 0.29) is 11.7 Å². The Morgan fingerprint density at radius 2 is 2.46 bits per heavy atom. The van der Waals surface area contributed by atoms with E-state index in [1.165, 1.54) is 0 Å². The lowest BCUT2D eigenvalue weighted by atomic mass is 10.1. The SMILES string of the molecule is NC1CCCN(c2n[nH]c(=O)[nH]2)C1. The molecule has 0 amide bonds. The van der Waals surface area contributed by atoms with Crippen molar-refractivity contribution in [1.82, 2.24) is 15.2 Å². The Hall–Kier alpha value is -1.30. The molecule has 2 heterocycles. The third-order valence-corrected chi connectivity index (χ3v) is 2.25. The zero-order valence-corrected chi connectivity index (χ0v) is 7.29. The van der Waals surface area contributed by atoms with E-state index in [0.717, 1.165) is 25.9 Å². The van der Waals surface area contributed by atoms with Gasteiger partial charge in [-0.3, -0.25) is 4.98 Å². The van der Waals surface area contributed by atoms with Crippen LogP contribution in [0.2, 0.25) is 0 Å². The first-order valence-electron chi connectivity index (χ1n) is 4.41. The molecule has 6 heteroatoms. The summed E-state index contributed by atoms with van der Waals surface area (Å²) in [5, 5.41) is 6.19. The Morgan fingerprint density at radius 1 is 1.62 bits per heavy atom. The van der Waals surface area contributed by atoms with Gasteiger partial charge in [0.2, 0.25) is 5.95 Å². The van der Waals surface area contributed by atoms with Crippen LogP contribution in [-0.4, -0.2) is 34.3 Å². The van der Waals surface area contributed by atoms with E-state index < -0.39 is 0 Å². The number of hydrogen-bond acceptors (Lipinski definition) is 4. The number of H-pyrrole nitrogens is 2. The van der Waals surface area contributed by atoms with Crippen LogP contribution < -0.4 is 16.3 Å². The first-order valence-corrected chi connectivity index (χ1v) is 4.41. The minimum atomic E-state index is -0.269. The van der Waals surface area contributed by atoms with Gasteiger partial charge in [-0.15, -0.1) is 5.10 Å². The van der Waals surface area contributed by atoms with Crippen molar-refractivity contribution in [1.29, 1.82) is 0 Å². The van der Waals surface area contributed by atoms with Gasteiger partial charge in [-0.25, -0.2) is 9.89 Å². The summed E-state index contributed by atoms with van der Waals surface area (Å²) in [6, 6.07) is 0.189. The number of hydrogen-bond donors (Lipinski definition) is 3. The zero-order valence-electron chi connectivity index (χ0n) is 7.29. The lowest BCUT2D eigenvalue weighted by molar-refractivity contribution is 0.500. The largest absolute Gasteiger partial charge is 0.342 e. The Morgan fingerprint density at radius 3 is 3.08 bits per heavy atom. The molecular formula is C7H13N5O. The first-order chi connectivity index (χ1) is 6.25. The van der Waals surface area contributed by atoms with E-state index in [4.69, 9.17) is 5.73 Å². The average Bonchev–Trinajstić information content (AvgIpc) is 2.52. The Kier molecular flexibility index (Phi) is 2.05. The van der Waals surface area contributed by atoms with Gasteiger partial charge in [-0.2, -0.15) is 0 Å². The van der Waals surface area contributed by atoms with Crippen LogP contribution in [0.1, 0.15) is 12.8 Å². The maximum atomic E-state index is 10.8. The van der Waals surface area contributed by atoms with Crippen molar-refractivity contribution in [2.75, 3.05) is 18.0 Å². The van der Waals surface area contributed by atoms with Crippen LogP contribution in [0.3, 0.4) is 0 Å². The molecule has 6 nitrogen and oxygen atoms in total. The number of anilines is 1. The van der Waals surface area contributed by atoms with E-state index in [9.17, 15) is 4.79 Å². The molecule has 0 radical (unpaired) electrons. The Balaban J connectivity index is 2.12. The molecule has 1 aliphatic heterocycles. The van der Waals surface area contributed by atoms with Gasteiger partial charge < -0.3 is 10.6 Å². The fourth-order valence-electron chi connectivity index (χ4n) is 1.61. The van der Waals surface area contributed by atoms with Crippen LogP contribution in [0.4, 0.5) is 5.95 Å². The summed E-state index contributed by atoms with van der Waals surface area (Å²) in [5.41, 5.74) is 5.53. The molecule has 0 aromatic carbocycles. The molecule has 0 spiro atoms. The van der Waals surface area contributed by atoms with Crippen LogP contribution in [-0.2, 0) is 0 Å². The molecule has 1 unspecified atom stereocenters. The van der Waals surface area contributed by atoms with Gasteiger partial charge in [0.1, 0.15) is 0 Å². The van der Waals surface area contributed by atoms with E-state index in [0.29, 0.717) is 5.95 Å². The van der Waals surface area contributed by atoms with Gasteiger partial charge >= 0.3 is 5.69 Å². The van der Waals surface area contributed by atoms with Crippen molar-refractivity contribution < 1.29 is 0 Å². The lowest BCUT2D eigenvalue weighted by Gasteiger charge is -2.29. The van der Waals surface area contributed by atoms with Gasteiger partial charge in [-0.1, -0.05) is 0 Å². The van der Waals surface area contributed by atoms with E-state index in [1.54, 1.807) is 0 Å². The van der Waals surface area contributed by atoms with Gasteiger partial charge in [0.15, 0.2) is 0 Å². The van der Waals surface area contributed by atoms with Crippen LogP contribution in [0.25, 0.3) is 0 Å². The third kappa shape index (κ3) is 1.72. The maximum Gasteiger partial charge on any atom is 0.342 e. The summed E-state index contributed by atoms with van der Waals surface area (Å²) in [6.07, 6.45) is 2.10.